The van der Waals surface area contributed by atoms with Crippen LogP contribution in [0.5, 0.6) is 0 Å². The first kappa shape index (κ1) is 15.2. The Hall–Kier alpha value is -1.17. The molecule has 0 radical (unpaired) electrons. The molecule has 1 heterocycles. The minimum absolute atomic E-state index is 0.0651. The molecular formula is C15H21NO3S. The van der Waals surface area contributed by atoms with Crippen molar-refractivity contribution in [2.75, 3.05) is 25.4 Å². The lowest BCUT2D eigenvalue weighted by molar-refractivity contribution is -0.000468. The van der Waals surface area contributed by atoms with Gasteiger partial charge in [0.15, 0.2) is 0 Å². The van der Waals surface area contributed by atoms with E-state index < -0.39 is 10.0 Å². The smallest absolute Gasteiger partial charge is 0.214 e. The topological polar surface area (TPSA) is 46.6 Å². The van der Waals surface area contributed by atoms with E-state index in [-0.39, 0.29) is 11.9 Å². The van der Waals surface area contributed by atoms with Crippen LogP contribution in [-0.2, 0) is 21.2 Å². The fourth-order valence-electron chi connectivity index (χ4n) is 2.31. The second-order valence-electron chi connectivity index (χ2n) is 4.93. The van der Waals surface area contributed by atoms with E-state index >= 15 is 0 Å². The molecule has 1 fully saturated rings. The van der Waals surface area contributed by atoms with E-state index in [0.717, 1.165) is 6.42 Å². The van der Waals surface area contributed by atoms with Crippen LogP contribution >= 0.6 is 0 Å². The molecule has 0 N–H and O–H groups in total. The minimum atomic E-state index is -3.19. The van der Waals surface area contributed by atoms with Gasteiger partial charge >= 0.3 is 0 Å². The van der Waals surface area contributed by atoms with E-state index in [1.807, 2.05) is 30.3 Å². The van der Waals surface area contributed by atoms with Gasteiger partial charge in [-0.15, -0.1) is 6.58 Å². The summed E-state index contributed by atoms with van der Waals surface area (Å²) in [6.45, 7) is 4.92. The van der Waals surface area contributed by atoms with E-state index in [9.17, 15) is 8.42 Å². The molecule has 0 aromatic heterocycles. The van der Waals surface area contributed by atoms with Gasteiger partial charge in [-0.1, -0.05) is 36.4 Å². The van der Waals surface area contributed by atoms with Gasteiger partial charge in [0.05, 0.1) is 18.5 Å². The number of sulfonamides is 1. The van der Waals surface area contributed by atoms with Crippen LogP contribution < -0.4 is 0 Å². The summed E-state index contributed by atoms with van der Waals surface area (Å²) in [5.41, 5.74) is 1.17. The van der Waals surface area contributed by atoms with Gasteiger partial charge < -0.3 is 4.74 Å². The first-order valence-electron chi connectivity index (χ1n) is 6.86. The third-order valence-corrected chi connectivity index (χ3v) is 5.25. The van der Waals surface area contributed by atoms with Gasteiger partial charge in [0.1, 0.15) is 0 Å². The number of nitrogens with zero attached hydrogens (tertiary/aromatic N) is 1. The third-order valence-electron chi connectivity index (χ3n) is 3.38. The van der Waals surface area contributed by atoms with Gasteiger partial charge in [-0.05, 0) is 18.4 Å². The molecule has 1 aromatic carbocycles. The molecule has 2 rings (SSSR count). The number of benzene rings is 1. The maximum absolute atomic E-state index is 12.2. The first-order chi connectivity index (χ1) is 9.62. The van der Waals surface area contributed by atoms with Gasteiger partial charge in [-0.25, -0.2) is 8.42 Å². The lowest BCUT2D eigenvalue weighted by atomic mass is 10.1. The summed E-state index contributed by atoms with van der Waals surface area (Å²) < 4.78 is 31.6. The summed E-state index contributed by atoms with van der Waals surface area (Å²) in [5.74, 6) is 0.133. The Morgan fingerprint density at radius 2 is 2.10 bits per heavy atom. The van der Waals surface area contributed by atoms with Gasteiger partial charge in [-0.3, -0.25) is 0 Å². The maximum atomic E-state index is 12.2. The minimum Gasteiger partial charge on any atom is -0.375 e. The van der Waals surface area contributed by atoms with Crippen molar-refractivity contribution in [1.29, 1.82) is 0 Å². The maximum Gasteiger partial charge on any atom is 0.214 e. The highest BCUT2D eigenvalue weighted by Gasteiger charge is 2.28. The molecule has 0 spiro atoms. The van der Waals surface area contributed by atoms with E-state index in [2.05, 4.69) is 6.58 Å². The van der Waals surface area contributed by atoms with Crippen LogP contribution in [0.15, 0.2) is 43.0 Å². The van der Waals surface area contributed by atoms with Gasteiger partial charge in [0.25, 0.3) is 0 Å². The second-order valence-corrected chi connectivity index (χ2v) is 7.02. The Kier molecular flexibility index (Phi) is 5.34. The Morgan fingerprint density at radius 1 is 1.35 bits per heavy atom. The predicted molar refractivity (Wildman–Crippen MR) is 80.1 cm³/mol. The molecule has 1 atom stereocenters. The molecular weight excluding hydrogens is 274 g/mol. The Morgan fingerprint density at radius 3 is 2.80 bits per heavy atom. The van der Waals surface area contributed by atoms with Crippen molar-refractivity contribution in [2.24, 2.45) is 0 Å². The fraction of sp³-hybridized carbons (Fsp3) is 0.467. The molecule has 0 amide bonds. The van der Waals surface area contributed by atoms with Gasteiger partial charge in [0.2, 0.25) is 10.0 Å². The largest absolute Gasteiger partial charge is 0.375 e. The summed E-state index contributed by atoms with van der Waals surface area (Å²) in [5, 5.41) is 0. The Bertz CT molecular complexity index is 527. The van der Waals surface area contributed by atoms with Gasteiger partial charge in [-0.2, -0.15) is 4.31 Å². The lowest BCUT2D eigenvalue weighted by Gasteiger charge is -2.32. The van der Waals surface area contributed by atoms with Crippen LogP contribution in [0.2, 0.25) is 0 Å². The van der Waals surface area contributed by atoms with Crippen LogP contribution in [0.3, 0.4) is 0 Å². The summed E-state index contributed by atoms with van der Waals surface area (Å²) in [6.07, 6.45) is 2.81. The molecule has 1 aliphatic rings. The molecule has 0 saturated carbocycles. The number of hydrogen-bond donors (Lipinski definition) is 0. The SMILES string of the molecule is C=CCCS(=O)(=O)N1CCOC(Cc2ccccc2)C1. The molecule has 20 heavy (non-hydrogen) atoms. The van der Waals surface area contributed by atoms with Crippen molar-refractivity contribution in [1.82, 2.24) is 4.31 Å². The van der Waals surface area contributed by atoms with Crippen LogP contribution in [0, 0.1) is 0 Å². The molecule has 1 unspecified atom stereocenters. The summed E-state index contributed by atoms with van der Waals surface area (Å²) in [4.78, 5) is 0. The van der Waals surface area contributed by atoms with Crippen molar-refractivity contribution in [3.63, 3.8) is 0 Å². The zero-order valence-electron chi connectivity index (χ0n) is 11.6. The highest BCUT2D eigenvalue weighted by molar-refractivity contribution is 7.89. The number of ether oxygens (including phenoxy) is 1. The molecule has 4 nitrogen and oxygen atoms in total. The first-order valence-corrected chi connectivity index (χ1v) is 8.47. The summed E-state index contributed by atoms with van der Waals surface area (Å²) in [6, 6.07) is 10.0. The van der Waals surface area contributed by atoms with Crippen LogP contribution in [0.1, 0.15) is 12.0 Å². The highest BCUT2D eigenvalue weighted by Crippen LogP contribution is 2.15. The normalized spacial score (nSPS) is 20.7. The summed E-state index contributed by atoms with van der Waals surface area (Å²) in [7, 11) is -3.19. The molecule has 1 aromatic rings. The van der Waals surface area contributed by atoms with Crippen molar-refractivity contribution in [2.45, 2.75) is 18.9 Å². The number of allylic oxidation sites excluding steroid dienone is 1. The van der Waals surface area contributed by atoms with Crippen molar-refractivity contribution in [3.05, 3.63) is 48.6 Å². The highest BCUT2D eigenvalue weighted by atomic mass is 32.2. The van der Waals surface area contributed by atoms with Gasteiger partial charge in [0, 0.05) is 13.1 Å². The van der Waals surface area contributed by atoms with Crippen molar-refractivity contribution in [3.8, 4) is 0 Å². The van der Waals surface area contributed by atoms with Crippen molar-refractivity contribution >= 4 is 10.0 Å². The zero-order chi connectivity index (χ0) is 14.4. The zero-order valence-corrected chi connectivity index (χ0v) is 12.4. The average Bonchev–Trinajstić information content (AvgIpc) is 2.47. The lowest BCUT2D eigenvalue weighted by Crippen LogP contribution is -2.47. The van der Waals surface area contributed by atoms with Crippen molar-refractivity contribution < 1.29 is 13.2 Å². The molecule has 0 aliphatic carbocycles. The summed E-state index contributed by atoms with van der Waals surface area (Å²) >= 11 is 0. The molecule has 0 bridgehead atoms. The number of rotatable bonds is 6. The van der Waals surface area contributed by atoms with Crippen LogP contribution in [0.4, 0.5) is 0 Å². The quantitative estimate of drug-likeness (QED) is 0.752. The molecule has 5 heteroatoms. The van der Waals surface area contributed by atoms with Crippen LogP contribution in [0.25, 0.3) is 0 Å². The Labute approximate surface area is 121 Å². The number of hydrogen-bond acceptors (Lipinski definition) is 3. The Balaban J connectivity index is 1.96. The average molecular weight is 295 g/mol. The van der Waals surface area contributed by atoms with E-state index in [1.54, 1.807) is 10.4 Å². The molecule has 1 saturated heterocycles. The van der Waals surface area contributed by atoms with E-state index in [1.165, 1.54) is 5.56 Å². The van der Waals surface area contributed by atoms with Crippen LogP contribution in [-0.4, -0.2) is 44.3 Å². The fourth-order valence-corrected chi connectivity index (χ4v) is 3.78. The third kappa shape index (κ3) is 4.16. The second kappa shape index (κ2) is 7.02. The van der Waals surface area contributed by atoms with E-state index in [4.69, 9.17) is 4.74 Å². The predicted octanol–water partition coefficient (Wildman–Crippen LogP) is 1.84. The number of morpholine rings is 1. The standard InChI is InChI=1S/C15H21NO3S/c1-2-3-11-20(17,18)16-9-10-19-15(13-16)12-14-7-5-4-6-8-14/h2,4-8,15H,1,3,9-13H2. The monoisotopic (exact) mass is 295 g/mol. The molecule has 1 aliphatic heterocycles. The van der Waals surface area contributed by atoms with E-state index in [0.29, 0.717) is 26.1 Å². The molecule has 110 valence electrons.